The number of rotatable bonds is 6. The highest BCUT2D eigenvalue weighted by atomic mass is 32.1. The molecular formula is C12H17N5OS. The predicted molar refractivity (Wildman–Crippen MR) is 73.2 cm³/mol. The van der Waals surface area contributed by atoms with E-state index in [-0.39, 0.29) is 11.8 Å². The van der Waals surface area contributed by atoms with E-state index < -0.39 is 0 Å². The highest BCUT2D eigenvalue weighted by Crippen LogP contribution is 2.19. The van der Waals surface area contributed by atoms with Gasteiger partial charge in [0.1, 0.15) is 10.7 Å². The van der Waals surface area contributed by atoms with Crippen LogP contribution in [-0.4, -0.2) is 32.0 Å². The molecule has 0 aromatic carbocycles. The first-order chi connectivity index (χ1) is 9.18. The van der Waals surface area contributed by atoms with Crippen LogP contribution in [0.5, 0.6) is 0 Å². The zero-order chi connectivity index (χ0) is 13.7. The third kappa shape index (κ3) is 3.60. The fraction of sp³-hybridized carbons (Fsp3) is 0.500. The summed E-state index contributed by atoms with van der Waals surface area (Å²) in [7, 11) is 0. The quantitative estimate of drug-likeness (QED) is 0.789. The maximum absolute atomic E-state index is 12.0. The molecule has 0 radical (unpaired) electrons. The van der Waals surface area contributed by atoms with Gasteiger partial charge in [0.2, 0.25) is 0 Å². The van der Waals surface area contributed by atoms with Crippen molar-refractivity contribution in [2.45, 2.75) is 32.6 Å². The zero-order valence-electron chi connectivity index (χ0n) is 11.0. The number of aryl methyl sites for hydroxylation is 1. The van der Waals surface area contributed by atoms with E-state index in [1.165, 1.54) is 0 Å². The van der Waals surface area contributed by atoms with Crippen molar-refractivity contribution in [3.63, 3.8) is 0 Å². The van der Waals surface area contributed by atoms with E-state index in [1.54, 1.807) is 12.4 Å². The molecule has 0 aliphatic heterocycles. The van der Waals surface area contributed by atoms with Crippen LogP contribution in [-0.2, 0) is 6.42 Å². The number of aromatic amines is 1. The van der Waals surface area contributed by atoms with Gasteiger partial charge in [0.05, 0.1) is 5.69 Å². The number of carbonyl (C=O) groups is 1. The van der Waals surface area contributed by atoms with Gasteiger partial charge < -0.3 is 10.3 Å². The van der Waals surface area contributed by atoms with Crippen LogP contribution in [0.4, 0.5) is 0 Å². The van der Waals surface area contributed by atoms with Gasteiger partial charge in [-0.05, 0) is 23.9 Å². The molecule has 2 aromatic heterocycles. The molecule has 7 heteroatoms. The summed E-state index contributed by atoms with van der Waals surface area (Å²) < 4.78 is 3.85. The molecule has 0 saturated heterocycles. The molecule has 1 amide bonds. The van der Waals surface area contributed by atoms with Crippen molar-refractivity contribution < 1.29 is 4.79 Å². The number of imidazole rings is 1. The van der Waals surface area contributed by atoms with Crippen LogP contribution in [0.25, 0.3) is 0 Å². The molecule has 0 spiro atoms. The monoisotopic (exact) mass is 279 g/mol. The Balaban J connectivity index is 1.79. The Labute approximate surface area is 115 Å². The van der Waals surface area contributed by atoms with Crippen molar-refractivity contribution in [3.05, 3.63) is 28.8 Å². The second-order valence-corrected chi connectivity index (χ2v) is 5.29. The normalized spacial score (nSPS) is 10.9. The lowest BCUT2D eigenvalue weighted by Gasteiger charge is -2.05. The highest BCUT2D eigenvalue weighted by Gasteiger charge is 2.17. The Morgan fingerprint density at radius 1 is 1.53 bits per heavy atom. The molecule has 102 valence electrons. The van der Waals surface area contributed by atoms with Crippen molar-refractivity contribution in [3.8, 4) is 0 Å². The number of H-pyrrole nitrogens is 1. The summed E-state index contributed by atoms with van der Waals surface area (Å²) in [6.07, 6.45) is 5.20. The van der Waals surface area contributed by atoms with Gasteiger partial charge in [-0.15, -0.1) is 5.10 Å². The molecule has 0 aliphatic rings. The van der Waals surface area contributed by atoms with E-state index in [4.69, 9.17) is 0 Å². The van der Waals surface area contributed by atoms with Gasteiger partial charge >= 0.3 is 0 Å². The van der Waals surface area contributed by atoms with Gasteiger partial charge in [0.25, 0.3) is 5.91 Å². The summed E-state index contributed by atoms with van der Waals surface area (Å²) in [6.45, 7) is 4.63. The minimum Gasteiger partial charge on any atom is -0.351 e. The Morgan fingerprint density at radius 3 is 3.05 bits per heavy atom. The standard InChI is InChI=1S/C12H17N5OS/c1-8(2)10-11(19-17-16-10)12(18)15-5-3-4-9-13-6-7-14-9/h6-8H,3-5H2,1-2H3,(H,13,14)(H,15,18). The first-order valence-electron chi connectivity index (χ1n) is 6.27. The Morgan fingerprint density at radius 2 is 2.37 bits per heavy atom. The van der Waals surface area contributed by atoms with Gasteiger partial charge in [-0.2, -0.15) is 0 Å². The summed E-state index contributed by atoms with van der Waals surface area (Å²) in [5.74, 6) is 1.07. The van der Waals surface area contributed by atoms with Crippen molar-refractivity contribution in [2.24, 2.45) is 0 Å². The number of nitrogens with zero attached hydrogens (tertiary/aromatic N) is 3. The fourth-order valence-electron chi connectivity index (χ4n) is 1.71. The lowest BCUT2D eigenvalue weighted by molar-refractivity contribution is 0.0955. The summed E-state index contributed by atoms with van der Waals surface area (Å²) >= 11 is 1.15. The molecule has 2 aromatic rings. The van der Waals surface area contributed by atoms with E-state index in [0.29, 0.717) is 11.4 Å². The van der Waals surface area contributed by atoms with Crippen molar-refractivity contribution in [1.82, 2.24) is 24.9 Å². The van der Waals surface area contributed by atoms with Crippen LogP contribution in [0.15, 0.2) is 12.4 Å². The third-order valence-electron chi connectivity index (χ3n) is 2.70. The average molecular weight is 279 g/mol. The molecule has 6 nitrogen and oxygen atoms in total. The second-order valence-electron chi connectivity index (χ2n) is 4.54. The number of hydrogen-bond acceptors (Lipinski definition) is 5. The first kappa shape index (κ1) is 13.7. The maximum Gasteiger partial charge on any atom is 0.264 e. The molecule has 2 heterocycles. The maximum atomic E-state index is 12.0. The van der Waals surface area contributed by atoms with E-state index in [2.05, 4.69) is 24.9 Å². The molecule has 0 aliphatic carbocycles. The minimum absolute atomic E-state index is 0.0851. The van der Waals surface area contributed by atoms with Crippen LogP contribution in [0.3, 0.4) is 0 Å². The van der Waals surface area contributed by atoms with Gasteiger partial charge in [0, 0.05) is 25.4 Å². The van der Waals surface area contributed by atoms with E-state index in [1.807, 2.05) is 13.8 Å². The Bertz CT molecular complexity index is 520. The molecule has 2 rings (SSSR count). The number of aromatic nitrogens is 4. The highest BCUT2D eigenvalue weighted by molar-refractivity contribution is 7.08. The SMILES string of the molecule is CC(C)c1nnsc1C(=O)NCCCc1ncc[nH]1. The molecule has 2 N–H and O–H groups in total. The molecular weight excluding hydrogens is 262 g/mol. The zero-order valence-corrected chi connectivity index (χ0v) is 11.8. The predicted octanol–water partition coefficient (Wildman–Crippen LogP) is 1.75. The first-order valence-corrected chi connectivity index (χ1v) is 7.04. The van der Waals surface area contributed by atoms with Gasteiger partial charge in [-0.1, -0.05) is 18.3 Å². The van der Waals surface area contributed by atoms with E-state index in [0.717, 1.165) is 35.9 Å². The largest absolute Gasteiger partial charge is 0.351 e. The van der Waals surface area contributed by atoms with E-state index >= 15 is 0 Å². The fourth-order valence-corrected chi connectivity index (χ4v) is 2.44. The third-order valence-corrected chi connectivity index (χ3v) is 3.44. The molecule has 0 atom stereocenters. The molecule has 0 bridgehead atoms. The number of amides is 1. The van der Waals surface area contributed by atoms with Crippen molar-refractivity contribution >= 4 is 17.4 Å². The number of carbonyl (C=O) groups excluding carboxylic acids is 1. The molecule has 0 saturated carbocycles. The average Bonchev–Trinajstić information content (AvgIpc) is 3.04. The van der Waals surface area contributed by atoms with Gasteiger partial charge in [-0.25, -0.2) is 4.98 Å². The molecule has 0 unspecified atom stereocenters. The van der Waals surface area contributed by atoms with Gasteiger partial charge in [-0.3, -0.25) is 4.79 Å². The van der Waals surface area contributed by atoms with Crippen LogP contribution in [0, 0.1) is 0 Å². The topological polar surface area (TPSA) is 83.6 Å². The Hall–Kier alpha value is -1.76. The summed E-state index contributed by atoms with van der Waals surface area (Å²) in [5.41, 5.74) is 0.772. The van der Waals surface area contributed by atoms with Crippen molar-refractivity contribution in [1.29, 1.82) is 0 Å². The van der Waals surface area contributed by atoms with Crippen LogP contribution >= 0.6 is 11.5 Å². The van der Waals surface area contributed by atoms with Crippen molar-refractivity contribution in [2.75, 3.05) is 6.54 Å². The number of nitrogens with one attached hydrogen (secondary N) is 2. The lowest BCUT2D eigenvalue weighted by Crippen LogP contribution is -2.25. The smallest absolute Gasteiger partial charge is 0.264 e. The van der Waals surface area contributed by atoms with Crippen LogP contribution < -0.4 is 5.32 Å². The number of hydrogen-bond donors (Lipinski definition) is 2. The molecule has 19 heavy (non-hydrogen) atoms. The summed E-state index contributed by atoms with van der Waals surface area (Å²) in [6, 6.07) is 0. The van der Waals surface area contributed by atoms with Crippen LogP contribution in [0.1, 0.15) is 47.4 Å². The lowest BCUT2D eigenvalue weighted by atomic mass is 10.1. The summed E-state index contributed by atoms with van der Waals surface area (Å²) in [4.78, 5) is 19.8. The molecule has 0 fully saturated rings. The minimum atomic E-state index is -0.0851. The Kier molecular flexibility index (Phi) is 4.62. The summed E-state index contributed by atoms with van der Waals surface area (Å²) in [5, 5.41) is 6.89. The van der Waals surface area contributed by atoms with E-state index in [9.17, 15) is 4.79 Å². The van der Waals surface area contributed by atoms with Crippen LogP contribution in [0.2, 0.25) is 0 Å². The van der Waals surface area contributed by atoms with Gasteiger partial charge in [0.15, 0.2) is 0 Å². The second kappa shape index (κ2) is 6.42.